The molecule has 0 bridgehead atoms. The summed E-state index contributed by atoms with van der Waals surface area (Å²) >= 11 is 0. The summed E-state index contributed by atoms with van der Waals surface area (Å²) in [6.07, 6.45) is 0. The Hall–Kier alpha value is -5.28. The van der Waals surface area contributed by atoms with Crippen molar-refractivity contribution < 1.29 is 0 Å². The molecule has 0 atom stereocenters. The molecule has 0 fully saturated rings. The van der Waals surface area contributed by atoms with E-state index in [0.717, 1.165) is 34.1 Å². The summed E-state index contributed by atoms with van der Waals surface area (Å²) in [5, 5.41) is 2.53. The van der Waals surface area contributed by atoms with E-state index in [0.29, 0.717) is 0 Å². The predicted molar refractivity (Wildman–Crippen MR) is 170 cm³/mol. The smallest absolute Gasteiger partial charge is 0.0490 e. The second-order valence-electron chi connectivity index (χ2n) is 9.97. The van der Waals surface area contributed by atoms with Gasteiger partial charge in [-0.15, -0.1) is 0 Å². The standard InChI is InChI=1S/C37H29N3/c1-38-36-20-12-11-19-34(36)35-27-33(25-26-37(35)38)40(30-17-9-4-10-18-30)32-23-21-31(22-24-32)39(28-13-5-2-6-14-28)29-15-7-3-8-16-29/h2-27H,1H3. The Labute approximate surface area is 234 Å². The Bertz CT molecular complexity index is 1850. The van der Waals surface area contributed by atoms with E-state index in [2.05, 4.69) is 179 Å². The largest absolute Gasteiger partial charge is 0.344 e. The molecular formula is C37H29N3. The molecule has 0 saturated heterocycles. The molecular weight excluding hydrogens is 486 g/mol. The molecule has 0 radical (unpaired) electrons. The molecule has 7 aromatic rings. The van der Waals surface area contributed by atoms with Gasteiger partial charge >= 0.3 is 0 Å². The van der Waals surface area contributed by atoms with Gasteiger partial charge in [0.25, 0.3) is 0 Å². The van der Waals surface area contributed by atoms with Crippen LogP contribution in [0.5, 0.6) is 0 Å². The number of anilines is 6. The van der Waals surface area contributed by atoms with Crippen LogP contribution in [0.2, 0.25) is 0 Å². The summed E-state index contributed by atoms with van der Waals surface area (Å²) in [5.74, 6) is 0. The van der Waals surface area contributed by atoms with Crippen molar-refractivity contribution in [1.29, 1.82) is 0 Å². The van der Waals surface area contributed by atoms with E-state index in [-0.39, 0.29) is 0 Å². The first-order valence-electron chi connectivity index (χ1n) is 13.6. The molecule has 0 unspecified atom stereocenters. The van der Waals surface area contributed by atoms with E-state index in [4.69, 9.17) is 0 Å². The Morgan fingerprint density at radius 1 is 0.350 bits per heavy atom. The first-order chi connectivity index (χ1) is 19.8. The van der Waals surface area contributed by atoms with Crippen LogP contribution in [-0.4, -0.2) is 4.57 Å². The highest BCUT2D eigenvalue weighted by atomic mass is 15.2. The van der Waals surface area contributed by atoms with Crippen molar-refractivity contribution in [3.05, 3.63) is 158 Å². The SMILES string of the molecule is Cn1c2ccccc2c2cc(N(c3ccccc3)c3ccc(N(c4ccccc4)c4ccccc4)cc3)ccc21. The monoisotopic (exact) mass is 515 g/mol. The lowest BCUT2D eigenvalue weighted by Crippen LogP contribution is -2.12. The van der Waals surface area contributed by atoms with Crippen molar-refractivity contribution >= 4 is 55.9 Å². The van der Waals surface area contributed by atoms with Gasteiger partial charge in [-0.05, 0) is 84.9 Å². The number of para-hydroxylation sites is 4. The van der Waals surface area contributed by atoms with Crippen LogP contribution < -0.4 is 9.80 Å². The Morgan fingerprint density at radius 2 is 0.725 bits per heavy atom. The van der Waals surface area contributed by atoms with Crippen LogP contribution in [0.1, 0.15) is 0 Å². The van der Waals surface area contributed by atoms with Crippen molar-refractivity contribution in [2.24, 2.45) is 7.05 Å². The van der Waals surface area contributed by atoms with Gasteiger partial charge in [-0.2, -0.15) is 0 Å². The lowest BCUT2D eigenvalue weighted by molar-refractivity contribution is 1.01. The van der Waals surface area contributed by atoms with Crippen molar-refractivity contribution in [1.82, 2.24) is 4.57 Å². The zero-order chi connectivity index (χ0) is 26.9. The summed E-state index contributed by atoms with van der Waals surface area (Å²) < 4.78 is 2.28. The molecule has 1 heterocycles. The van der Waals surface area contributed by atoms with Gasteiger partial charge in [0.2, 0.25) is 0 Å². The first kappa shape index (κ1) is 23.8. The van der Waals surface area contributed by atoms with Gasteiger partial charge in [-0.25, -0.2) is 0 Å². The van der Waals surface area contributed by atoms with E-state index >= 15 is 0 Å². The molecule has 3 nitrogen and oxygen atoms in total. The minimum Gasteiger partial charge on any atom is -0.344 e. The fourth-order valence-corrected chi connectivity index (χ4v) is 5.67. The van der Waals surface area contributed by atoms with Crippen LogP contribution in [0.15, 0.2) is 158 Å². The highest BCUT2D eigenvalue weighted by Crippen LogP contribution is 2.40. The minimum absolute atomic E-state index is 1.11. The number of rotatable bonds is 6. The molecule has 0 N–H and O–H groups in total. The number of hydrogen-bond acceptors (Lipinski definition) is 2. The quantitative estimate of drug-likeness (QED) is 0.218. The first-order valence-corrected chi connectivity index (χ1v) is 13.6. The van der Waals surface area contributed by atoms with Gasteiger partial charge in [0.1, 0.15) is 0 Å². The second-order valence-corrected chi connectivity index (χ2v) is 9.97. The third-order valence-corrected chi connectivity index (χ3v) is 7.56. The maximum absolute atomic E-state index is 2.33. The molecule has 0 spiro atoms. The number of fused-ring (bicyclic) bond motifs is 3. The molecule has 40 heavy (non-hydrogen) atoms. The summed E-state index contributed by atoms with van der Waals surface area (Å²) in [5.41, 5.74) is 9.20. The number of nitrogens with zero attached hydrogens (tertiary/aromatic N) is 3. The minimum atomic E-state index is 1.11. The molecule has 3 heteroatoms. The van der Waals surface area contributed by atoms with Crippen molar-refractivity contribution in [3.63, 3.8) is 0 Å². The average Bonchev–Trinajstić information content (AvgIpc) is 3.31. The fraction of sp³-hybridized carbons (Fsp3) is 0.0270. The second kappa shape index (κ2) is 10.1. The van der Waals surface area contributed by atoms with Gasteiger partial charge in [0.15, 0.2) is 0 Å². The summed E-state index contributed by atoms with van der Waals surface area (Å²) in [6.45, 7) is 0. The molecule has 0 amide bonds. The van der Waals surface area contributed by atoms with Gasteiger partial charge in [0.05, 0.1) is 0 Å². The molecule has 6 aromatic carbocycles. The van der Waals surface area contributed by atoms with Crippen LogP contribution in [-0.2, 0) is 7.05 Å². The average molecular weight is 516 g/mol. The van der Waals surface area contributed by atoms with Crippen molar-refractivity contribution in [2.45, 2.75) is 0 Å². The Balaban J connectivity index is 1.35. The summed E-state index contributed by atoms with van der Waals surface area (Å²) in [7, 11) is 2.14. The Kier molecular flexibility index (Phi) is 6.02. The van der Waals surface area contributed by atoms with E-state index in [9.17, 15) is 0 Å². The molecule has 0 saturated carbocycles. The predicted octanol–water partition coefficient (Wildman–Crippen LogP) is 10.3. The summed E-state index contributed by atoms with van der Waals surface area (Å²) in [6, 6.07) is 55.9. The normalized spacial score (nSPS) is 11.1. The highest BCUT2D eigenvalue weighted by molar-refractivity contribution is 6.09. The third-order valence-electron chi connectivity index (χ3n) is 7.56. The van der Waals surface area contributed by atoms with Crippen LogP contribution in [0.4, 0.5) is 34.1 Å². The van der Waals surface area contributed by atoms with Crippen LogP contribution in [0.3, 0.4) is 0 Å². The fourth-order valence-electron chi connectivity index (χ4n) is 5.67. The maximum atomic E-state index is 2.33. The van der Waals surface area contributed by atoms with Gasteiger partial charge in [0, 0.05) is 63.0 Å². The zero-order valence-electron chi connectivity index (χ0n) is 22.4. The van der Waals surface area contributed by atoms with E-state index in [1.807, 2.05) is 0 Å². The van der Waals surface area contributed by atoms with Crippen LogP contribution in [0.25, 0.3) is 21.8 Å². The third kappa shape index (κ3) is 4.18. The van der Waals surface area contributed by atoms with Crippen molar-refractivity contribution in [3.8, 4) is 0 Å². The van der Waals surface area contributed by atoms with Gasteiger partial charge < -0.3 is 14.4 Å². The molecule has 7 rings (SSSR count). The van der Waals surface area contributed by atoms with E-state index in [1.165, 1.54) is 21.8 Å². The van der Waals surface area contributed by atoms with E-state index < -0.39 is 0 Å². The zero-order valence-corrected chi connectivity index (χ0v) is 22.4. The van der Waals surface area contributed by atoms with E-state index in [1.54, 1.807) is 0 Å². The number of hydrogen-bond donors (Lipinski definition) is 0. The molecule has 0 aliphatic heterocycles. The van der Waals surface area contributed by atoms with Gasteiger partial charge in [-0.1, -0.05) is 72.8 Å². The highest BCUT2D eigenvalue weighted by Gasteiger charge is 2.17. The lowest BCUT2D eigenvalue weighted by Gasteiger charge is -2.28. The molecule has 0 aliphatic rings. The molecule has 192 valence electrons. The number of benzene rings is 6. The summed E-state index contributed by atoms with van der Waals surface area (Å²) in [4.78, 5) is 4.62. The van der Waals surface area contributed by atoms with Gasteiger partial charge in [-0.3, -0.25) is 0 Å². The number of aromatic nitrogens is 1. The molecule has 0 aliphatic carbocycles. The van der Waals surface area contributed by atoms with Crippen LogP contribution in [0, 0.1) is 0 Å². The van der Waals surface area contributed by atoms with Crippen LogP contribution >= 0.6 is 0 Å². The van der Waals surface area contributed by atoms with Crippen molar-refractivity contribution in [2.75, 3.05) is 9.80 Å². The topological polar surface area (TPSA) is 11.4 Å². The molecule has 1 aromatic heterocycles. The lowest BCUT2D eigenvalue weighted by atomic mass is 10.1. The number of aryl methyl sites for hydroxylation is 1. The maximum Gasteiger partial charge on any atom is 0.0490 e. The Morgan fingerprint density at radius 3 is 1.25 bits per heavy atom.